The van der Waals surface area contributed by atoms with Crippen molar-refractivity contribution in [1.29, 1.82) is 0 Å². The van der Waals surface area contributed by atoms with Gasteiger partial charge < -0.3 is 10.5 Å². The molecule has 0 aromatic rings. The molecule has 1 saturated heterocycles. The lowest BCUT2D eigenvalue weighted by Crippen LogP contribution is -2.45. The van der Waals surface area contributed by atoms with Crippen LogP contribution in [0.2, 0.25) is 0 Å². The van der Waals surface area contributed by atoms with Crippen molar-refractivity contribution in [2.75, 3.05) is 20.2 Å². The molecule has 4 unspecified atom stereocenters. The SMILES string of the molecule is COC1CCCCC1N1CCC(C(C)N)C1. The summed E-state index contributed by atoms with van der Waals surface area (Å²) in [7, 11) is 1.86. The van der Waals surface area contributed by atoms with E-state index in [1.807, 2.05) is 7.11 Å². The fourth-order valence-electron chi connectivity index (χ4n) is 3.32. The van der Waals surface area contributed by atoms with Crippen LogP contribution in [0.5, 0.6) is 0 Å². The first-order chi connectivity index (χ1) is 7.72. The molecule has 0 spiro atoms. The van der Waals surface area contributed by atoms with Gasteiger partial charge in [0.2, 0.25) is 0 Å². The van der Waals surface area contributed by atoms with Crippen LogP contribution in [-0.2, 0) is 4.74 Å². The van der Waals surface area contributed by atoms with Crippen LogP contribution in [-0.4, -0.2) is 43.3 Å². The van der Waals surface area contributed by atoms with E-state index in [1.165, 1.54) is 45.2 Å². The number of nitrogens with two attached hydrogens (primary N) is 1. The molecule has 1 saturated carbocycles. The Balaban J connectivity index is 1.91. The van der Waals surface area contributed by atoms with Crippen molar-refractivity contribution >= 4 is 0 Å². The molecule has 2 fully saturated rings. The van der Waals surface area contributed by atoms with Crippen LogP contribution in [0, 0.1) is 5.92 Å². The number of hydrogen-bond acceptors (Lipinski definition) is 3. The molecule has 0 amide bonds. The van der Waals surface area contributed by atoms with Crippen molar-refractivity contribution in [2.24, 2.45) is 11.7 Å². The van der Waals surface area contributed by atoms with E-state index < -0.39 is 0 Å². The molecule has 2 N–H and O–H groups in total. The van der Waals surface area contributed by atoms with Crippen LogP contribution in [0.3, 0.4) is 0 Å². The van der Waals surface area contributed by atoms with Crippen molar-refractivity contribution in [3.8, 4) is 0 Å². The summed E-state index contributed by atoms with van der Waals surface area (Å²) in [6.07, 6.45) is 6.97. The molecule has 0 radical (unpaired) electrons. The van der Waals surface area contributed by atoms with Crippen molar-refractivity contribution < 1.29 is 4.74 Å². The van der Waals surface area contributed by atoms with E-state index >= 15 is 0 Å². The molecule has 2 aliphatic rings. The van der Waals surface area contributed by atoms with Gasteiger partial charge in [-0.25, -0.2) is 0 Å². The number of likely N-dealkylation sites (tertiary alicyclic amines) is 1. The van der Waals surface area contributed by atoms with Gasteiger partial charge in [0.15, 0.2) is 0 Å². The summed E-state index contributed by atoms with van der Waals surface area (Å²) in [5, 5.41) is 0. The van der Waals surface area contributed by atoms with Crippen molar-refractivity contribution in [1.82, 2.24) is 4.90 Å². The minimum Gasteiger partial charge on any atom is -0.380 e. The third-order valence-electron chi connectivity index (χ3n) is 4.44. The molecule has 3 nitrogen and oxygen atoms in total. The smallest absolute Gasteiger partial charge is 0.0726 e. The Hall–Kier alpha value is -0.120. The second-order valence-corrected chi connectivity index (χ2v) is 5.53. The Kier molecular flexibility index (Phi) is 4.22. The normalized spacial score (nSPS) is 38.8. The standard InChI is InChI=1S/C13H26N2O/c1-10(14)11-7-8-15(9-11)12-5-3-4-6-13(12)16-2/h10-13H,3-9,14H2,1-2H3. The monoisotopic (exact) mass is 226 g/mol. The molecule has 0 aromatic heterocycles. The second-order valence-electron chi connectivity index (χ2n) is 5.53. The molecule has 3 heteroatoms. The van der Waals surface area contributed by atoms with Gasteiger partial charge in [0.1, 0.15) is 0 Å². The van der Waals surface area contributed by atoms with Gasteiger partial charge >= 0.3 is 0 Å². The first-order valence-electron chi connectivity index (χ1n) is 6.74. The van der Waals surface area contributed by atoms with Crippen LogP contribution in [0.15, 0.2) is 0 Å². The Morgan fingerprint density at radius 2 is 2.00 bits per heavy atom. The van der Waals surface area contributed by atoms with Crippen LogP contribution in [0.25, 0.3) is 0 Å². The molecular formula is C13H26N2O. The Morgan fingerprint density at radius 1 is 1.25 bits per heavy atom. The summed E-state index contributed by atoms with van der Waals surface area (Å²) in [5.41, 5.74) is 6.00. The molecule has 4 atom stereocenters. The zero-order valence-corrected chi connectivity index (χ0v) is 10.7. The summed E-state index contributed by atoms with van der Waals surface area (Å²) in [6.45, 7) is 4.54. The van der Waals surface area contributed by atoms with Gasteiger partial charge in [0.25, 0.3) is 0 Å². The highest BCUT2D eigenvalue weighted by Crippen LogP contribution is 2.30. The Labute approximate surface area is 99.3 Å². The average molecular weight is 226 g/mol. The molecule has 1 aliphatic carbocycles. The van der Waals surface area contributed by atoms with E-state index in [9.17, 15) is 0 Å². The highest BCUT2D eigenvalue weighted by molar-refractivity contribution is 4.90. The number of ether oxygens (including phenoxy) is 1. The van der Waals surface area contributed by atoms with Crippen molar-refractivity contribution in [3.63, 3.8) is 0 Å². The average Bonchev–Trinajstić information content (AvgIpc) is 2.78. The summed E-state index contributed by atoms with van der Waals surface area (Å²) in [5.74, 6) is 0.694. The Bertz CT molecular complexity index is 220. The van der Waals surface area contributed by atoms with E-state index in [-0.39, 0.29) is 0 Å². The zero-order valence-electron chi connectivity index (χ0n) is 10.7. The van der Waals surface area contributed by atoms with Gasteiger partial charge in [-0.2, -0.15) is 0 Å². The predicted octanol–water partition coefficient (Wildman–Crippen LogP) is 1.61. The van der Waals surface area contributed by atoms with Gasteiger partial charge in [0.05, 0.1) is 6.10 Å². The summed E-state index contributed by atoms with van der Waals surface area (Å²) < 4.78 is 5.64. The molecule has 94 valence electrons. The van der Waals surface area contributed by atoms with Crippen molar-refractivity contribution in [3.05, 3.63) is 0 Å². The topological polar surface area (TPSA) is 38.5 Å². The number of methoxy groups -OCH3 is 1. The van der Waals surface area contributed by atoms with Crippen LogP contribution in [0.1, 0.15) is 39.0 Å². The maximum Gasteiger partial charge on any atom is 0.0726 e. The lowest BCUT2D eigenvalue weighted by Gasteiger charge is -2.37. The van der Waals surface area contributed by atoms with E-state index in [2.05, 4.69) is 11.8 Å². The first-order valence-corrected chi connectivity index (χ1v) is 6.74. The summed E-state index contributed by atoms with van der Waals surface area (Å²) >= 11 is 0. The molecule has 16 heavy (non-hydrogen) atoms. The molecular weight excluding hydrogens is 200 g/mol. The maximum atomic E-state index is 6.00. The highest BCUT2D eigenvalue weighted by atomic mass is 16.5. The van der Waals surface area contributed by atoms with E-state index in [0.717, 1.165) is 0 Å². The van der Waals surface area contributed by atoms with Crippen LogP contribution < -0.4 is 5.73 Å². The molecule has 2 rings (SSSR count). The molecule has 0 bridgehead atoms. The fourth-order valence-corrected chi connectivity index (χ4v) is 3.32. The third kappa shape index (κ3) is 2.58. The van der Waals surface area contributed by atoms with Crippen molar-refractivity contribution in [2.45, 2.75) is 57.2 Å². The second kappa shape index (κ2) is 5.48. The van der Waals surface area contributed by atoms with Gasteiger partial charge in [-0.1, -0.05) is 12.8 Å². The quantitative estimate of drug-likeness (QED) is 0.794. The lowest BCUT2D eigenvalue weighted by molar-refractivity contribution is -0.00421. The largest absolute Gasteiger partial charge is 0.380 e. The van der Waals surface area contributed by atoms with Crippen LogP contribution in [0.4, 0.5) is 0 Å². The van der Waals surface area contributed by atoms with Gasteiger partial charge in [-0.3, -0.25) is 4.90 Å². The minimum atomic E-state index is 0.342. The zero-order chi connectivity index (χ0) is 11.5. The predicted molar refractivity (Wildman–Crippen MR) is 66.4 cm³/mol. The molecule has 1 aliphatic heterocycles. The molecule has 1 heterocycles. The fraction of sp³-hybridized carbons (Fsp3) is 1.00. The van der Waals surface area contributed by atoms with Gasteiger partial charge in [0, 0.05) is 25.7 Å². The maximum absolute atomic E-state index is 6.00. The number of hydrogen-bond donors (Lipinski definition) is 1. The van der Waals surface area contributed by atoms with E-state index in [4.69, 9.17) is 10.5 Å². The number of nitrogens with zero attached hydrogens (tertiary/aromatic N) is 1. The Morgan fingerprint density at radius 3 is 2.62 bits per heavy atom. The van der Waals surface area contributed by atoms with E-state index in [0.29, 0.717) is 24.1 Å². The number of rotatable bonds is 3. The summed E-state index contributed by atoms with van der Waals surface area (Å²) in [6, 6.07) is 0.997. The highest BCUT2D eigenvalue weighted by Gasteiger charge is 2.35. The first kappa shape index (κ1) is 12.3. The third-order valence-corrected chi connectivity index (χ3v) is 4.44. The molecule has 0 aromatic carbocycles. The van der Waals surface area contributed by atoms with Gasteiger partial charge in [-0.05, 0) is 38.6 Å². The lowest BCUT2D eigenvalue weighted by atomic mass is 9.91. The summed E-state index contributed by atoms with van der Waals surface area (Å²) in [4.78, 5) is 2.63. The van der Waals surface area contributed by atoms with Gasteiger partial charge in [-0.15, -0.1) is 0 Å². The minimum absolute atomic E-state index is 0.342. The van der Waals surface area contributed by atoms with Crippen LogP contribution >= 0.6 is 0 Å². The van der Waals surface area contributed by atoms with E-state index in [1.54, 1.807) is 0 Å².